The van der Waals surface area contributed by atoms with Crippen molar-refractivity contribution in [3.63, 3.8) is 0 Å². The molecule has 1 N–H and O–H groups in total. The smallest absolute Gasteiger partial charge is 0.256 e. The molecule has 0 bridgehead atoms. The number of nitrogens with zero attached hydrogens (tertiary/aromatic N) is 2. The summed E-state index contributed by atoms with van der Waals surface area (Å²) >= 11 is 0. The summed E-state index contributed by atoms with van der Waals surface area (Å²) in [6, 6.07) is 13.0. The van der Waals surface area contributed by atoms with Crippen molar-refractivity contribution in [3.05, 3.63) is 70.8 Å². The molecule has 1 aliphatic heterocycles. The molecule has 1 aliphatic rings. The summed E-state index contributed by atoms with van der Waals surface area (Å²) in [5.74, 6) is -0.252. The largest absolute Gasteiger partial charge is 0.322 e. The molecule has 0 radical (unpaired) electrons. The quantitative estimate of drug-likeness (QED) is 0.924. The second-order valence-corrected chi connectivity index (χ2v) is 5.85. The molecule has 0 atom stereocenters. The van der Waals surface area contributed by atoms with Crippen LogP contribution in [-0.4, -0.2) is 11.6 Å². The Labute approximate surface area is 141 Å². The molecule has 0 aliphatic carbocycles. The Hall–Kier alpha value is -3.19. The average molecular weight is 315 g/mol. The number of hydrogen-bond donors (Lipinski definition) is 1. The van der Waals surface area contributed by atoms with Crippen LogP contribution in [0.2, 0.25) is 0 Å². The number of hydrogen-bond acceptors (Lipinski definition) is 3. The van der Waals surface area contributed by atoms with Crippen molar-refractivity contribution in [2.45, 2.75) is 20.4 Å². The molecule has 0 fully saturated rings. The number of benzene rings is 2. The van der Waals surface area contributed by atoms with Crippen molar-refractivity contribution in [2.75, 3.05) is 5.32 Å². The van der Waals surface area contributed by atoms with Gasteiger partial charge in [-0.15, -0.1) is 0 Å². The third-order valence-corrected chi connectivity index (χ3v) is 4.10. The number of nitriles is 1. The SMILES string of the molecule is C=C(C)c1c(C#N)cccc1C(=O)Nc1ccc2c(c1)C(C)=NC2. The molecule has 2 aromatic rings. The van der Waals surface area contributed by atoms with Crippen molar-refractivity contribution in [3.8, 4) is 6.07 Å². The van der Waals surface area contributed by atoms with Gasteiger partial charge in [0, 0.05) is 28.1 Å². The zero-order chi connectivity index (χ0) is 17.3. The summed E-state index contributed by atoms with van der Waals surface area (Å²) in [4.78, 5) is 17.1. The molecule has 4 nitrogen and oxygen atoms in total. The van der Waals surface area contributed by atoms with E-state index in [1.54, 1.807) is 25.1 Å². The van der Waals surface area contributed by atoms with Gasteiger partial charge in [-0.05, 0) is 49.2 Å². The number of carbonyl (C=O) groups excluding carboxylic acids is 1. The topological polar surface area (TPSA) is 65.2 Å². The number of anilines is 1. The van der Waals surface area contributed by atoms with E-state index < -0.39 is 0 Å². The van der Waals surface area contributed by atoms with Gasteiger partial charge in [-0.2, -0.15) is 5.26 Å². The minimum atomic E-state index is -0.252. The van der Waals surface area contributed by atoms with E-state index in [4.69, 9.17) is 0 Å². The Morgan fingerprint density at radius 1 is 1.33 bits per heavy atom. The first-order chi connectivity index (χ1) is 11.5. The van der Waals surface area contributed by atoms with E-state index in [0.717, 1.165) is 11.3 Å². The van der Waals surface area contributed by atoms with Gasteiger partial charge in [-0.1, -0.05) is 18.7 Å². The molecule has 0 spiro atoms. The van der Waals surface area contributed by atoms with Crippen LogP contribution in [0.3, 0.4) is 0 Å². The molecule has 0 saturated heterocycles. The van der Waals surface area contributed by atoms with Gasteiger partial charge in [0.05, 0.1) is 18.2 Å². The molecule has 2 aromatic carbocycles. The maximum atomic E-state index is 12.7. The molecule has 0 saturated carbocycles. The lowest BCUT2D eigenvalue weighted by atomic mass is 9.96. The lowest BCUT2D eigenvalue weighted by Crippen LogP contribution is -2.15. The number of nitrogens with one attached hydrogen (secondary N) is 1. The number of rotatable bonds is 3. The first-order valence-corrected chi connectivity index (χ1v) is 7.66. The van der Waals surface area contributed by atoms with Gasteiger partial charge >= 0.3 is 0 Å². The zero-order valence-corrected chi connectivity index (χ0v) is 13.7. The van der Waals surface area contributed by atoms with Crippen LogP contribution in [0, 0.1) is 11.3 Å². The number of aliphatic imine (C=N–C) groups is 1. The molecule has 0 unspecified atom stereocenters. The van der Waals surface area contributed by atoms with Gasteiger partial charge < -0.3 is 5.32 Å². The normalized spacial score (nSPS) is 12.1. The van der Waals surface area contributed by atoms with Gasteiger partial charge in [-0.3, -0.25) is 9.79 Å². The maximum Gasteiger partial charge on any atom is 0.256 e. The number of carbonyl (C=O) groups is 1. The summed E-state index contributed by atoms with van der Waals surface area (Å²) in [7, 11) is 0. The third kappa shape index (κ3) is 2.72. The van der Waals surface area contributed by atoms with E-state index in [-0.39, 0.29) is 5.91 Å². The van der Waals surface area contributed by atoms with Crippen LogP contribution < -0.4 is 5.32 Å². The number of amides is 1. The highest BCUT2D eigenvalue weighted by molar-refractivity contribution is 6.09. The van der Waals surface area contributed by atoms with E-state index in [1.165, 1.54) is 5.56 Å². The minimum Gasteiger partial charge on any atom is -0.322 e. The second-order valence-electron chi connectivity index (χ2n) is 5.85. The highest BCUT2D eigenvalue weighted by Crippen LogP contribution is 2.25. The highest BCUT2D eigenvalue weighted by atomic mass is 16.1. The molecule has 24 heavy (non-hydrogen) atoms. The Bertz CT molecular complexity index is 932. The minimum absolute atomic E-state index is 0.252. The van der Waals surface area contributed by atoms with E-state index >= 15 is 0 Å². The highest BCUT2D eigenvalue weighted by Gasteiger charge is 2.17. The molecule has 1 heterocycles. The summed E-state index contributed by atoms with van der Waals surface area (Å²) in [5, 5.41) is 12.2. The Morgan fingerprint density at radius 2 is 2.12 bits per heavy atom. The van der Waals surface area contributed by atoms with Crippen LogP contribution in [0.1, 0.15) is 46.5 Å². The van der Waals surface area contributed by atoms with Crippen LogP contribution in [-0.2, 0) is 6.54 Å². The molecule has 4 heteroatoms. The molecular formula is C20H17N3O. The molecule has 0 aromatic heterocycles. The Balaban J connectivity index is 1.95. The van der Waals surface area contributed by atoms with Gasteiger partial charge in [0.25, 0.3) is 5.91 Å². The van der Waals surface area contributed by atoms with E-state index in [9.17, 15) is 10.1 Å². The van der Waals surface area contributed by atoms with Crippen molar-refractivity contribution < 1.29 is 4.79 Å². The zero-order valence-electron chi connectivity index (χ0n) is 13.7. The fourth-order valence-electron chi connectivity index (χ4n) is 2.91. The number of allylic oxidation sites excluding steroid dienone is 1. The van der Waals surface area contributed by atoms with Crippen LogP contribution in [0.5, 0.6) is 0 Å². The molecule has 118 valence electrons. The summed E-state index contributed by atoms with van der Waals surface area (Å²) in [6.45, 7) is 8.35. The third-order valence-electron chi connectivity index (χ3n) is 4.10. The van der Waals surface area contributed by atoms with Crippen LogP contribution in [0.15, 0.2) is 48.0 Å². The van der Waals surface area contributed by atoms with E-state index in [0.29, 0.717) is 34.5 Å². The number of fused-ring (bicyclic) bond motifs is 1. The lowest BCUT2D eigenvalue weighted by Gasteiger charge is -2.12. The van der Waals surface area contributed by atoms with Gasteiger partial charge in [0.2, 0.25) is 0 Å². The van der Waals surface area contributed by atoms with E-state index in [1.807, 2.05) is 25.1 Å². The van der Waals surface area contributed by atoms with Crippen molar-refractivity contribution in [1.82, 2.24) is 0 Å². The lowest BCUT2D eigenvalue weighted by molar-refractivity contribution is 0.102. The molecular weight excluding hydrogens is 298 g/mol. The summed E-state index contributed by atoms with van der Waals surface area (Å²) < 4.78 is 0. The summed E-state index contributed by atoms with van der Waals surface area (Å²) in [6.07, 6.45) is 0. The van der Waals surface area contributed by atoms with Crippen LogP contribution in [0.25, 0.3) is 5.57 Å². The average Bonchev–Trinajstić information content (AvgIpc) is 2.94. The predicted molar refractivity (Wildman–Crippen MR) is 96.2 cm³/mol. The Kier molecular flexibility index (Phi) is 4.01. The van der Waals surface area contributed by atoms with Crippen molar-refractivity contribution in [1.29, 1.82) is 5.26 Å². The van der Waals surface area contributed by atoms with Crippen LogP contribution >= 0.6 is 0 Å². The van der Waals surface area contributed by atoms with Crippen molar-refractivity contribution in [2.24, 2.45) is 4.99 Å². The maximum absolute atomic E-state index is 12.7. The van der Waals surface area contributed by atoms with Gasteiger partial charge in [0.15, 0.2) is 0 Å². The Morgan fingerprint density at radius 3 is 2.83 bits per heavy atom. The fourth-order valence-corrected chi connectivity index (χ4v) is 2.91. The first kappa shape index (κ1) is 15.7. The standard InChI is InChI=1S/C20H17N3O/c1-12(2)19-14(10-21)5-4-6-17(19)20(24)23-16-8-7-15-11-22-13(3)18(15)9-16/h4-9H,1,11H2,2-3H3,(H,23,24). The second kappa shape index (κ2) is 6.13. The molecule has 1 amide bonds. The fraction of sp³-hybridized carbons (Fsp3) is 0.150. The van der Waals surface area contributed by atoms with Crippen molar-refractivity contribution >= 4 is 22.9 Å². The molecule has 3 rings (SSSR count). The summed E-state index contributed by atoms with van der Waals surface area (Å²) in [5.41, 5.74) is 6.11. The van der Waals surface area contributed by atoms with Gasteiger partial charge in [0.1, 0.15) is 0 Å². The van der Waals surface area contributed by atoms with Crippen LogP contribution in [0.4, 0.5) is 5.69 Å². The monoisotopic (exact) mass is 315 g/mol. The van der Waals surface area contributed by atoms with E-state index in [2.05, 4.69) is 23.0 Å². The predicted octanol–water partition coefficient (Wildman–Crippen LogP) is 4.17. The first-order valence-electron chi connectivity index (χ1n) is 7.66. The van der Waals surface area contributed by atoms with Gasteiger partial charge in [-0.25, -0.2) is 0 Å².